The average Bonchev–Trinajstić information content (AvgIpc) is 2.44. The third kappa shape index (κ3) is 1.49. The molecule has 74 valence electrons. The number of aryl methyl sites for hydroxylation is 1. The zero-order valence-corrected chi connectivity index (χ0v) is 8.97. The van der Waals surface area contributed by atoms with Gasteiger partial charge in [-0.05, 0) is 25.2 Å². The molecule has 0 aliphatic rings. The molecule has 0 aliphatic carbocycles. The minimum atomic E-state index is 0.728. The van der Waals surface area contributed by atoms with Crippen LogP contribution in [0, 0.1) is 0 Å². The summed E-state index contributed by atoms with van der Waals surface area (Å²) in [7, 11) is 3.92. The van der Waals surface area contributed by atoms with Gasteiger partial charge in [-0.2, -0.15) is 0 Å². The smallest absolute Gasteiger partial charge is 0.123 e. The maximum Gasteiger partial charge on any atom is 0.123 e. The lowest BCUT2D eigenvalue weighted by Gasteiger charge is -1.99. The van der Waals surface area contributed by atoms with E-state index < -0.39 is 0 Å². The van der Waals surface area contributed by atoms with Crippen molar-refractivity contribution in [1.29, 1.82) is 0 Å². The van der Waals surface area contributed by atoms with Gasteiger partial charge in [0.15, 0.2) is 0 Å². The molecule has 0 saturated carbocycles. The van der Waals surface area contributed by atoms with E-state index in [-0.39, 0.29) is 0 Å². The van der Waals surface area contributed by atoms with E-state index in [4.69, 9.17) is 11.6 Å². The molecular weight excluding hydrogens is 198 g/mol. The zero-order chi connectivity index (χ0) is 10.1. The second-order valence-corrected chi connectivity index (χ2v) is 3.69. The lowest BCUT2D eigenvalue weighted by Crippen LogP contribution is -2.10. The van der Waals surface area contributed by atoms with Crippen molar-refractivity contribution in [2.75, 3.05) is 7.05 Å². The summed E-state index contributed by atoms with van der Waals surface area (Å²) in [5, 5.41) is 3.81. The van der Waals surface area contributed by atoms with E-state index in [1.807, 2.05) is 32.3 Å². The lowest BCUT2D eigenvalue weighted by molar-refractivity contribution is 0.719. The van der Waals surface area contributed by atoms with Gasteiger partial charge in [0.2, 0.25) is 0 Å². The van der Waals surface area contributed by atoms with Crippen LogP contribution in [-0.2, 0) is 13.6 Å². The van der Waals surface area contributed by atoms with Crippen LogP contribution in [0.5, 0.6) is 0 Å². The van der Waals surface area contributed by atoms with Crippen LogP contribution in [0.15, 0.2) is 18.2 Å². The molecule has 2 aromatic rings. The number of aromatic nitrogens is 2. The SMILES string of the molecule is CNCc1nc2cc(Cl)ccc2n1C. The molecule has 3 nitrogen and oxygen atoms in total. The van der Waals surface area contributed by atoms with Gasteiger partial charge in [-0.3, -0.25) is 0 Å². The van der Waals surface area contributed by atoms with Crippen LogP contribution in [0.3, 0.4) is 0 Å². The van der Waals surface area contributed by atoms with Crippen LogP contribution >= 0.6 is 11.6 Å². The zero-order valence-electron chi connectivity index (χ0n) is 8.21. The standard InChI is InChI=1S/C10H12ClN3/c1-12-6-10-13-8-5-7(11)3-4-9(8)14(10)2/h3-5,12H,6H2,1-2H3. The molecule has 0 atom stereocenters. The maximum atomic E-state index is 5.89. The van der Waals surface area contributed by atoms with Crippen LogP contribution in [-0.4, -0.2) is 16.6 Å². The summed E-state index contributed by atoms with van der Waals surface area (Å²) in [6.07, 6.45) is 0. The van der Waals surface area contributed by atoms with Gasteiger partial charge < -0.3 is 9.88 Å². The highest BCUT2D eigenvalue weighted by Gasteiger charge is 2.06. The molecule has 1 heterocycles. The van der Waals surface area contributed by atoms with E-state index in [9.17, 15) is 0 Å². The molecule has 0 saturated heterocycles. The van der Waals surface area contributed by atoms with E-state index in [0.717, 1.165) is 28.4 Å². The fraction of sp³-hybridized carbons (Fsp3) is 0.300. The van der Waals surface area contributed by atoms with Gasteiger partial charge >= 0.3 is 0 Å². The van der Waals surface area contributed by atoms with Gasteiger partial charge in [0.05, 0.1) is 17.6 Å². The summed E-state index contributed by atoms with van der Waals surface area (Å²) in [4.78, 5) is 4.48. The Morgan fingerprint density at radius 3 is 3.00 bits per heavy atom. The van der Waals surface area contributed by atoms with Crippen LogP contribution < -0.4 is 5.32 Å². The molecular formula is C10H12ClN3. The number of nitrogens with one attached hydrogen (secondary N) is 1. The molecule has 14 heavy (non-hydrogen) atoms. The maximum absolute atomic E-state index is 5.89. The first-order chi connectivity index (χ1) is 6.72. The largest absolute Gasteiger partial charge is 0.330 e. The van der Waals surface area contributed by atoms with Crippen molar-refractivity contribution in [3.8, 4) is 0 Å². The monoisotopic (exact) mass is 209 g/mol. The molecule has 4 heteroatoms. The molecule has 0 unspecified atom stereocenters. The van der Waals surface area contributed by atoms with E-state index in [1.54, 1.807) is 0 Å². The number of hydrogen-bond donors (Lipinski definition) is 1. The highest BCUT2D eigenvalue weighted by atomic mass is 35.5. The van der Waals surface area contributed by atoms with Crippen molar-refractivity contribution in [1.82, 2.24) is 14.9 Å². The van der Waals surface area contributed by atoms with Gasteiger partial charge in [0.1, 0.15) is 5.82 Å². The lowest BCUT2D eigenvalue weighted by atomic mass is 10.3. The molecule has 0 amide bonds. The summed E-state index contributed by atoms with van der Waals surface area (Å²) in [5.74, 6) is 1.02. The van der Waals surface area contributed by atoms with Crippen LogP contribution in [0.2, 0.25) is 5.02 Å². The van der Waals surface area contributed by atoms with Gasteiger partial charge in [0.25, 0.3) is 0 Å². The highest BCUT2D eigenvalue weighted by Crippen LogP contribution is 2.19. The van der Waals surface area contributed by atoms with Crippen LogP contribution in [0.1, 0.15) is 5.82 Å². The van der Waals surface area contributed by atoms with Crippen molar-refractivity contribution < 1.29 is 0 Å². The molecule has 1 aromatic heterocycles. The Hall–Kier alpha value is -1.06. The summed E-state index contributed by atoms with van der Waals surface area (Å²) in [6, 6.07) is 5.76. The number of hydrogen-bond acceptors (Lipinski definition) is 2. The van der Waals surface area contributed by atoms with Crippen molar-refractivity contribution in [3.63, 3.8) is 0 Å². The molecule has 0 radical (unpaired) electrons. The quantitative estimate of drug-likeness (QED) is 0.820. The number of halogens is 1. The Morgan fingerprint density at radius 2 is 2.29 bits per heavy atom. The molecule has 1 aromatic carbocycles. The number of rotatable bonds is 2. The van der Waals surface area contributed by atoms with Crippen molar-refractivity contribution in [2.45, 2.75) is 6.54 Å². The summed E-state index contributed by atoms with van der Waals surface area (Å²) >= 11 is 5.89. The fourth-order valence-corrected chi connectivity index (χ4v) is 1.71. The minimum Gasteiger partial charge on any atom is -0.330 e. The van der Waals surface area contributed by atoms with Crippen LogP contribution in [0.4, 0.5) is 0 Å². The van der Waals surface area contributed by atoms with E-state index in [0.29, 0.717) is 0 Å². The second kappa shape index (κ2) is 3.59. The van der Waals surface area contributed by atoms with Gasteiger partial charge in [-0.15, -0.1) is 0 Å². The first kappa shape index (κ1) is 9.49. The summed E-state index contributed by atoms with van der Waals surface area (Å²) < 4.78 is 2.07. The van der Waals surface area contributed by atoms with Crippen LogP contribution in [0.25, 0.3) is 11.0 Å². The number of benzene rings is 1. The highest BCUT2D eigenvalue weighted by molar-refractivity contribution is 6.31. The number of imidazole rings is 1. The Balaban J connectivity index is 2.61. The number of nitrogens with zero attached hydrogens (tertiary/aromatic N) is 2. The molecule has 0 spiro atoms. The second-order valence-electron chi connectivity index (χ2n) is 3.25. The summed E-state index contributed by atoms with van der Waals surface area (Å²) in [5.41, 5.74) is 2.06. The molecule has 0 fully saturated rings. The molecule has 1 N–H and O–H groups in total. The Morgan fingerprint density at radius 1 is 1.50 bits per heavy atom. The molecule has 0 aliphatic heterocycles. The van der Waals surface area contributed by atoms with Crippen molar-refractivity contribution in [3.05, 3.63) is 29.0 Å². The predicted molar refractivity (Wildman–Crippen MR) is 58.5 cm³/mol. The van der Waals surface area contributed by atoms with E-state index in [2.05, 4.69) is 14.9 Å². The Kier molecular flexibility index (Phi) is 2.44. The first-order valence-electron chi connectivity index (χ1n) is 4.48. The minimum absolute atomic E-state index is 0.728. The van der Waals surface area contributed by atoms with Gasteiger partial charge in [-0.1, -0.05) is 11.6 Å². The molecule has 2 rings (SSSR count). The average molecular weight is 210 g/mol. The van der Waals surface area contributed by atoms with Gasteiger partial charge in [0, 0.05) is 12.1 Å². The normalized spacial score (nSPS) is 11.1. The van der Waals surface area contributed by atoms with Crippen molar-refractivity contribution in [2.24, 2.45) is 7.05 Å². The summed E-state index contributed by atoms with van der Waals surface area (Å²) in [6.45, 7) is 0.767. The predicted octanol–water partition coefficient (Wildman–Crippen LogP) is 1.95. The van der Waals surface area contributed by atoms with Gasteiger partial charge in [-0.25, -0.2) is 4.98 Å². The van der Waals surface area contributed by atoms with E-state index >= 15 is 0 Å². The number of fused-ring (bicyclic) bond motifs is 1. The van der Waals surface area contributed by atoms with E-state index in [1.165, 1.54) is 0 Å². The first-order valence-corrected chi connectivity index (χ1v) is 4.85. The third-order valence-corrected chi connectivity index (χ3v) is 2.51. The Bertz CT molecular complexity index is 462. The Labute approximate surface area is 87.7 Å². The molecule has 0 bridgehead atoms. The van der Waals surface area contributed by atoms with Crippen molar-refractivity contribution >= 4 is 22.6 Å². The third-order valence-electron chi connectivity index (χ3n) is 2.27. The topological polar surface area (TPSA) is 29.9 Å². The fourth-order valence-electron chi connectivity index (χ4n) is 1.54.